The van der Waals surface area contributed by atoms with E-state index in [0.29, 0.717) is 32.9 Å². The number of nitrogens with zero attached hydrogens (tertiary/aromatic N) is 1. The monoisotopic (exact) mass is 586 g/mol. The maximum absolute atomic E-state index is 12.5. The van der Waals surface area contributed by atoms with Gasteiger partial charge in [-0.05, 0) is 54.4 Å². The molecule has 1 aliphatic heterocycles. The first-order valence-corrected chi connectivity index (χ1v) is 13.4. The first kappa shape index (κ1) is 27.9. The highest BCUT2D eigenvalue weighted by atomic mass is 35.5. The number of allylic oxidation sites excluding steroid dienone is 1. The van der Waals surface area contributed by atoms with Crippen molar-refractivity contribution in [2.24, 2.45) is 5.73 Å². The van der Waals surface area contributed by atoms with Gasteiger partial charge in [0.25, 0.3) is 0 Å². The minimum Gasteiger partial charge on any atom is -0.489 e. The number of hydrogen-bond acceptors (Lipinski definition) is 7. The second-order valence-electron chi connectivity index (χ2n) is 9.25. The van der Waals surface area contributed by atoms with Crippen LogP contribution in [-0.4, -0.2) is 12.6 Å². The summed E-state index contributed by atoms with van der Waals surface area (Å²) in [6.07, 6.45) is 0. The molecule has 1 aliphatic rings. The topological polar surface area (TPSA) is 104 Å². The van der Waals surface area contributed by atoms with E-state index in [9.17, 15) is 10.1 Å². The third-order valence-electron chi connectivity index (χ3n) is 6.46. The van der Waals surface area contributed by atoms with Crippen LogP contribution in [0.1, 0.15) is 28.2 Å². The van der Waals surface area contributed by atoms with E-state index < -0.39 is 11.9 Å². The van der Waals surface area contributed by atoms with Crippen molar-refractivity contribution < 1.29 is 23.7 Å². The van der Waals surface area contributed by atoms with Gasteiger partial charge in [0.15, 0.2) is 6.61 Å². The van der Waals surface area contributed by atoms with Crippen molar-refractivity contribution in [1.82, 2.24) is 0 Å². The first-order chi connectivity index (χ1) is 19.8. The van der Waals surface area contributed by atoms with Crippen LogP contribution in [0.3, 0.4) is 0 Å². The molecule has 0 bridgehead atoms. The number of rotatable bonds is 8. The molecule has 0 aromatic heterocycles. The van der Waals surface area contributed by atoms with Gasteiger partial charge in [-0.1, -0.05) is 65.7 Å². The van der Waals surface area contributed by atoms with E-state index in [1.54, 1.807) is 42.5 Å². The van der Waals surface area contributed by atoms with E-state index in [1.165, 1.54) is 0 Å². The van der Waals surface area contributed by atoms with E-state index in [1.807, 2.05) is 49.4 Å². The molecular formula is C32H24Cl2N2O5. The summed E-state index contributed by atoms with van der Waals surface area (Å²) in [5.74, 6) is 0.674. The number of nitrogens with two attached hydrogens (primary N) is 1. The molecule has 206 valence electrons. The summed E-state index contributed by atoms with van der Waals surface area (Å²) in [6.45, 7) is 1.86. The molecule has 0 saturated heterocycles. The zero-order valence-electron chi connectivity index (χ0n) is 21.9. The number of hydrogen-bond donors (Lipinski definition) is 1. The Morgan fingerprint density at radius 2 is 1.80 bits per heavy atom. The predicted octanol–water partition coefficient (Wildman–Crippen LogP) is 7.08. The van der Waals surface area contributed by atoms with Crippen molar-refractivity contribution in [2.45, 2.75) is 19.4 Å². The van der Waals surface area contributed by atoms with Gasteiger partial charge in [0.1, 0.15) is 41.2 Å². The summed E-state index contributed by atoms with van der Waals surface area (Å²) in [5, 5.41) is 11.0. The fourth-order valence-electron chi connectivity index (χ4n) is 4.44. The molecule has 9 heteroatoms. The number of esters is 1. The van der Waals surface area contributed by atoms with E-state index in [4.69, 9.17) is 47.9 Å². The number of carbonyl (C=O) groups excluding carboxylic acids is 1. The highest BCUT2D eigenvalue weighted by Gasteiger charge is 2.31. The number of ether oxygens (including phenoxy) is 4. The van der Waals surface area contributed by atoms with Crippen LogP contribution >= 0.6 is 23.2 Å². The molecule has 0 amide bonds. The van der Waals surface area contributed by atoms with E-state index in [-0.39, 0.29) is 30.4 Å². The SMILES string of the molecule is Cc1ccccc1OCC(=O)Oc1ccc2c(c1)OC(N)=C(C#N)C2c1cccc(OCc2ccc(Cl)cc2Cl)c1. The standard InChI is InChI=1S/C32H24Cl2N2O5/c1-19-5-2-3-8-28(19)39-18-30(37)40-24-11-12-25-29(15-24)41-32(36)26(16-35)31(25)20-6-4-7-23(13-20)38-17-21-9-10-22(33)14-27(21)34/h2-15,31H,17-18,36H2,1H3. The largest absolute Gasteiger partial charge is 0.489 e. The molecule has 0 aliphatic carbocycles. The molecule has 1 unspecified atom stereocenters. The van der Waals surface area contributed by atoms with Crippen molar-refractivity contribution in [1.29, 1.82) is 5.26 Å². The van der Waals surface area contributed by atoms with Crippen LogP contribution in [-0.2, 0) is 11.4 Å². The van der Waals surface area contributed by atoms with Crippen LogP contribution in [0.15, 0.2) is 96.4 Å². The lowest BCUT2D eigenvalue weighted by atomic mass is 9.83. The Labute approximate surface area is 247 Å². The molecule has 1 heterocycles. The van der Waals surface area contributed by atoms with Crippen LogP contribution in [0.2, 0.25) is 10.0 Å². The summed E-state index contributed by atoms with van der Waals surface area (Å²) in [5.41, 5.74) is 9.56. The minimum absolute atomic E-state index is 0.0318. The van der Waals surface area contributed by atoms with E-state index in [2.05, 4.69) is 6.07 Å². The molecule has 0 fully saturated rings. The zero-order valence-corrected chi connectivity index (χ0v) is 23.4. The van der Waals surface area contributed by atoms with Crippen molar-refractivity contribution in [3.8, 4) is 29.1 Å². The fourth-order valence-corrected chi connectivity index (χ4v) is 4.90. The average Bonchev–Trinajstić information content (AvgIpc) is 2.95. The maximum atomic E-state index is 12.5. The third kappa shape index (κ3) is 6.41. The van der Waals surface area contributed by atoms with Crippen LogP contribution < -0.4 is 24.7 Å². The molecule has 0 saturated carbocycles. The lowest BCUT2D eigenvalue weighted by Gasteiger charge is -2.27. The Kier molecular flexibility index (Phi) is 8.34. The highest BCUT2D eigenvalue weighted by molar-refractivity contribution is 6.35. The molecule has 1 atom stereocenters. The number of para-hydroxylation sites is 1. The lowest BCUT2D eigenvalue weighted by molar-refractivity contribution is -0.136. The maximum Gasteiger partial charge on any atom is 0.349 e. The molecule has 0 spiro atoms. The van der Waals surface area contributed by atoms with E-state index in [0.717, 1.165) is 16.7 Å². The number of benzene rings is 4. The minimum atomic E-state index is -0.576. The van der Waals surface area contributed by atoms with Gasteiger partial charge in [0.2, 0.25) is 5.88 Å². The van der Waals surface area contributed by atoms with Gasteiger partial charge in [-0.3, -0.25) is 0 Å². The summed E-state index contributed by atoms with van der Waals surface area (Å²) >= 11 is 12.3. The van der Waals surface area contributed by atoms with Crippen molar-refractivity contribution in [3.63, 3.8) is 0 Å². The summed E-state index contributed by atoms with van der Waals surface area (Å²) in [6, 6.07) is 27.1. The molecule has 7 nitrogen and oxygen atoms in total. The Hall–Kier alpha value is -4.64. The second-order valence-corrected chi connectivity index (χ2v) is 10.1. The van der Waals surface area contributed by atoms with Gasteiger partial charge < -0.3 is 24.7 Å². The van der Waals surface area contributed by atoms with Crippen LogP contribution in [0, 0.1) is 18.3 Å². The second kappa shape index (κ2) is 12.3. The van der Waals surface area contributed by atoms with Crippen molar-refractivity contribution in [2.75, 3.05) is 6.61 Å². The van der Waals surface area contributed by atoms with Crippen LogP contribution in [0.25, 0.3) is 0 Å². The van der Waals surface area contributed by atoms with Crippen LogP contribution in [0.5, 0.6) is 23.0 Å². The Morgan fingerprint density at radius 3 is 2.59 bits per heavy atom. The number of carbonyl (C=O) groups is 1. The van der Waals surface area contributed by atoms with Crippen LogP contribution in [0.4, 0.5) is 0 Å². The lowest BCUT2D eigenvalue weighted by Crippen LogP contribution is -2.22. The molecule has 5 rings (SSSR count). The zero-order chi connectivity index (χ0) is 28.9. The Balaban J connectivity index is 1.35. The average molecular weight is 587 g/mol. The summed E-state index contributed by atoms with van der Waals surface area (Å²) in [4.78, 5) is 12.5. The van der Waals surface area contributed by atoms with Gasteiger partial charge in [-0.2, -0.15) is 5.26 Å². The summed E-state index contributed by atoms with van der Waals surface area (Å²) in [7, 11) is 0. The quantitative estimate of drug-likeness (QED) is 0.174. The molecule has 2 N–H and O–H groups in total. The number of halogens is 2. The highest BCUT2D eigenvalue weighted by Crippen LogP contribution is 2.44. The third-order valence-corrected chi connectivity index (χ3v) is 7.05. The van der Waals surface area contributed by atoms with Gasteiger partial charge >= 0.3 is 5.97 Å². The number of aryl methyl sites for hydroxylation is 1. The number of fused-ring (bicyclic) bond motifs is 1. The Morgan fingerprint density at radius 1 is 0.976 bits per heavy atom. The molecule has 4 aromatic rings. The molecular weight excluding hydrogens is 563 g/mol. The van der Waals surface area contributed by atoms with Crippen molar-refractivity contribution in [3.05, 3.63) is 129 Å². The molecule has 41 heavy (non-hydrogen) atoms. The van der Waals surface area contributed by atoms with Gasteiger partial charge in [0, 0.05) is 27.2 Å². The predicted molar refractivity (Wildman–Crippen MR) is 155 cm³/mol. The van der Waals surface area contributed by atoms with Gasteiger partial charge in [-0.15, -0.1) is 0 Å². The summed E-state index contributed by atoms with van der Waals surface area (Å²) < 4.78 is 22.8. The number of nitriles is 1. The van der Waals surface area contributed by atoms with Crippen molar-refractivity contribution >= 4 is 29.2 Å². The van der Waals surface area contributed by atoms with E-state index >= 15 is 0 Å². The fraction of sp³-hybridized carbons (Fsp3) is 0.125. The van der Waals surface area contributed by atoms with Gasteiger partial charge in [-0.25, -0.2) is 4.79 Å². The molecule has 4 aromatic carbocycles. The Bertz CT molecular complexity index is 1700. The molecule has 0 radical (unpaired) electrons. The van der Waals surface area contributed by atoms with Gasteiger partial charge in [0.05, 0.1) is 5.92 Å². The smallest absolute Gasteiger partial charge is 0.349 e. The normalized spacial score (nSPS) is 14.0. The first-order valence-electron chi connectivity index (χ1n) is 12.6.